The first kappa shape index (κ1) is 18.3. The molecule has 3 nitrogen and oxygen atoms in total. The maximum atomic E-state index is 13.3. The average Bonchev–Trinajstić information content (AvgIpc) is 2.73. The quantitative estimate of drug-likeness (QED) is 0.404. The minimum atomic E-state index is -0.169. The summed E-state index contributed by atoms with van der Waals surface area (Å²) in [6.45, 7) is 2.28. The highest BCUT2D eigenvalue weighted by molar-refractivity contribution is 6.30. The van der Waals surface area contributed by atoms with Crippen molar-refractivity contribution in [2.45, 2.75) is 20.0 Å². The molecule has 4 heteroatoms. The first-order chi connectivity index (χ1) is 13.7. The van der Waals surface area contributed by atoms with Crippen molar-refractivity contribution in [2.75, 3.05) is 0 Å². The molecule has 0 aliphatic heterocycles. The van der Waals surface area contributed by atoms with Crippen LogP contribution in [-0.2, 0) is 13.0 Å². The zero-order valence-electron chi connectivity index (χ0n) is 15.4. The summed E-state index contributed by atoms with van der Waals surface area (Å²) < 4.78 is 12.1. The van der Waals surface area contributed by atoms with E-state index in [0.29, 0.717) is 21.8 Å². The molecule has 0 amide bonds. The maximum absolute atomic E-state index is 13.3. The zero-order chi connectivity index (χ0) is 19.5. The molecule has 0 saturated heterocycles. The SMILES string of the molecule is CCc1ccc2oc(-c3ccccc3)c(OCc3cccc(Cl)c3)c(=O)c2c1. The molecular weight excluding hydrogens is 372 g/mol. The highest BCUT2D eigenvalue weighted by atomic mass is 35.5. The third kappa shape index (κ3) is 3.67. The Morgan fingerprint density at radius 2 is 1.75 bits per heavy atom. The molecule has 0 N–H and O–H groups in total. The van der Waals surface area contributed by atoms with E-state index in [2.05, 4.69) is 6.92 Å². The number of rotatable bonds is 5. The van der Waals surface area contributed by atoms with E-state index in [0.717, 1.165) is 23.1 Å². The van der Waals surface area contributed by atoms with Gasteiger partial charge in [-0.05, 0) is 41.8 Å². The second kappa shape index (κ2) is 7.91. The Morgan fingerprint density at radius 1 is 0.929 bits per heavy atom. The Balaban J connectivity index is 1.85. The van der Waals surface area contributed by atoms with Crippen LogP contribution in [0, 0.1) is 0 Å². The summed E-state index contributed by atoms with van der Waals surface area (Å²) in [4.78, 5) is 13.3. The number of hydrogen-bond acceptors (Lipinski definition) is 3. The van der Waals surface area contributed by atoms with E-state index < -0.39 is 0 Å². The van der Waals surface area contributed by atoms with Crippen molar-refractivity contribution in [1.82, 2.24) is 0 Å². The van der Waals surface area contributed by atoms with Gasteiger partial charge in [0.15, 0.2) is 5.76 Å². The van der Waals surface area contributed by atoms with Crippen molar-refractivity contribution in [3.05, 3.63) is 99.2 Å². The standard InChI is InChI=1S/C24H19ClO3/c1-2-16-11-12-21-20(14-16)22(26)24(23(28-21)18-8-4-3-5-9-18)27-15-17-7-6-10-19(25)13-17/h3-14H,2,15H2,1H3. The fourth-order valence-corrected chi connectivity index (χ4v) is 3.35. The summed E-state index contributed by atoms with van der Waals surface area (Å²) in [7, 11) is 0. The third-order valence-corrected chi connectivity index (χ3v) is 4.86. The molecule has 4 rings (SSSR count). The summed E-state index contributed by atoms with van der Waals surface area (Å²) >= 11 is 6.06. The van der Waals surface area contributed by atoms with Crippen molar-refractivity contribution >= 4 is 22.6 Å². The molecule has 0 radical (unpaired) electrons. The molecule has 0 fully saturated rings. The van der Waals surface area contributed by atoms with Crippen molar-refractivity contribution in [2.24, 2.45) is 0 Å². The van der Waals surface area contributed by atoms with Gasteiger partial charge in [-0.15, -0.1) is 0 Å². The van der Waals surface area contributed by atoms with Crippen LogP contribution in [0.25, 0.3) is 22.3 Å². The van der Waals surface area contributed by atoms with E-state index in [-0.39, 0.29) is 17.8 Å². The zero-order valence-corrected chi connectivity index (χ0v) is 16.2. The Bertz CT molecular complexity index is 1180. The Hall–Kier alpha value is -3.04. The molecule has 1 heterocycles. The van der Waals surface area contributed by atoms with Crippen LogP contribution in [0.2, 0.25) is 5.02 Å². The lowest BCUT2D eigenvalue weighted by molar-refractivity contribution is 0.298. The normalized spacial score (nSPS) is 10.9. The number of hydrogen-bond donors (Lipinski definition) is 0. The largest absolute Gasteiger partial charge is 0.481 e. The van der Waals surface area contributed by atoms with Gasteiger partial charge in [0.05, 0.1) is 5.39 Å². The molecule has 0 bridgehead atoms. The van der Waals surface area contributed by atoms with Gasteiger partial charge in [-0.1, -0.05) is 67.1 Å². The number of benzene rings is 3. The van der Waals surface area contributed by atoms with Crippen LogP contribution in [0.3, 0.4) is 0 Å². The topological polar surface area (TPSA) is 39.4 Å². The summed E-state index contributed by atoms with van der Waals surface area (Å²) in [6, 6.07) is 22.6. The first-order valence-corrected chi connectivity index (χ1v) is 9.56. The number of fused-ring (bicyclic) bond motifs is 1. The number of halogens is 1. The van der Waals surface area contributed by atoms with Gasteiger partial charge in [0.2, 0.25) is 11.2 Å². The van der Waals surface area contributed by atoms with E-state index in [9.17, 15) is 4.79 Å². The van der Waals surface area contributed by atoms with E-state index in [1.807, 2.05) is 66.7 Å². The summed E-state index contributed by atoms with van der Waals surface area (Å²) in [5.41, 5.74) is 3.14. The fourth-order valence-electron chi connectivity index (χ4n) is 3.14. The molecule has 0 saturated carbocycles. The van der Waals surface area contributed by atoms with Gasteiger partial charge >= 0.3 is 0 Å². The van der Waals surface area contributed by atoms with E-state index in [1.165, 1.54) is 0 Å². The van der Waals surface area contributed by atoms with Gasteiger partial charge in [-0.25, -0.2) is 0 Å². The average molecular weight is 391 g/mol. The van der Waals surface area contributed by atoms with Crippen LogP contribution in [0.5, 0.6) is 5.75 Å². The van der Waals surface area contributed by atoms with Crippen molar-refractivity contribution in [1.29, 1.82) is 0 Å². The predicted molar refractivity (Wildman–Crippen MR) is 113 cm³/mol. The molecule has 4 aromatic rings. The van der Waals surface area contributed by atoms with Gasteiger partial charge in [0.25, 0.3) is 0 Å². The molecule has 0 unspecified atom stereocenters. The van der Waals surface area contributed by atoms with Crippen LogP contribution in [-0.4, -0.2) is 0 Å². The molecule has 0 atom stereocenters. The van der Waals surface area contributed by atoms with Crippen LogP contribution < -0.4 is 10.2 Å². The van der Waals surface area contributed by atoms with Gasteiger partial charge in [-0.2, -0.15) is 0 Å². The highest BCUT2D eigenvalue weighted by Gasteiger charge is 2.18. The minimum Gasteiger partial charge on any atom is -0.481 e. The van der Waals surface area contributed by atoms with E-state index in [4.69, 9.17) is 20.8 Å². The maximum Gasteiger partial charge on any atom is 0.235 e. The van der Waals surface area contributed by atoms with Crippen molar-refractivity contribution in [3.8, 4) is 17.1 Å². The Kier molecular flexibility index (Phi) is 5.18. The molecule has 1 aromatic heterocycles. The lowest BCUT2D eigenvalue weighted by atomic mass is 10.1. The van der Waals surface area contributed by atoms with E-state index >= 15 is 0 Å². The van der Waals surface area contributed by atoms with Crippen LogP contribution in [0.1, 0.15) is 18.1 Å². The number of ether oxygens (including phenoxy) is 1. The van der Waals surface area contributed by atoms with Crippen LogP contribution >= 0.6 is 11.6 Å². The molecule has 0 aliphatic rings. The lowest BCUT2D eigenvalue weighted by Gasteiger charge is -2.12. The second-order valence-electron chi connectivity index (χ2n) is 6.56. The summed E-state index contributed by atoms with van der Waals surface area (Å²) in [6.07, 6.45) is 0.842. The van der Waals surface area contributed by atoms with Crippen molar-refractivity contribution in [3.63, 3.8) is 0 Å². The predicted octanol–water partition coefficient (Wildman–Crippen LogP) is 6.25. The van der Waals surface area contributed by atoms with Crippen molar-refractivity contribution < 1.29 is 9.15 Å². The number of aryl methyl sites for hydroxylation is 1. The monoisotopic (exact) mass is 390 g/mol. The molecule has 140 valence electrons. The summed E-state index contributed by atoms with van der Waals surface area (Å²) in [5, 5.41) is 1.16. The minimum absolute atomic E-state index is 0.169. The molecule has 0 aliphatic carbocycles. The Labute approximate surface area is 168 Å². The second-order valence-corrected chi connectivity index (χ2v) is 6.99. The molecule has 28 heavy (non-hydrogen) atoms. The van der Waals surface area contributed by atoms with Crippen LogP contribution in [0.15, 0.2) is 82.0 Å². The Morgan fingerprint density at radius 3 is 2.50 bits per heavy atom. The third-order valence-electron chi connectivity index (χ3n) is 4.63. The summed E-state index contributed by atoms with van der Waals surface area (Å²) in [5.74, 6) is 0.649. The van der Waals surface area contributed by atoms with Gasteiger partial charge in [0, 0.05) is 10.6 Å². The highest BCUT2D eigenvalue weighted by Crippen LogP contribution is 2.31. The smallest absolute Gasteiger partial charge is 0.235 e. The van der Waals surface area contributed by atoms with E-state index in [1.54, 1.807) is 6.07 Å². The van der Waals surface area contributed by atoms with Gasteiger partial charge in [0.1, 0.15) is 12.2 Å². The van der Waals surface area contributed by atoms with Gasteiger partial charge < -0.3 is 9.15 Å². The van der Waals surface area contributed by atoms with Gasteiger partial charge in [-0.3, -0.25) is 4.79 Å². The molecular formula is C24H19ClO3. The fraction of sp³-hybridized carbons (Fsp3) is 0.125. The van der Waals surface area contributed by atoms with Crippen LogP contribution in [0.4, 0.5) is 0 Å². The lowest BCUT2D eigenvalue weighted by Crippen LogP contribution is -2.10. The molecule has 3 aromatic carbocycles. The molecule has 0 spiro atoms. The first-order valence-electron chi connectivity index (χ1n) is 9.18.